The van der Waals surface area contributed by atoms with Crippen molar-refractivity contribution in [1.29, 1.82) is 0 Å². The lowest BCUT2D eigenvalue weighted by molar-refractivity contribution is 0.301. The number of rotatable bonds is 3. The molecule has 1 heterocycles. The molecule has 5 heteroatoms. The first-order chi connectivity index (χ1) is 7.24. The van der Waals surface area contributed by atoms with Crippen LogP contribution in [0.2, 0.25) is 0 Å². The highest BCUT2D eigenvalue weighted by atomic mass is 16.5. The first-order valence-corrected chi connectivity index (χ1v) is 4.57. The quantitative estimate of drug-likeness (QED) is 0.757. The molecule has 2 N–H and O–H groups in total. The molecule has 0 atom stereocenters. The molecule has 15 heavy (non-hydrogen) atoms. The number of nitrogen functional groups attached to an aromatic ring is 1. The van der Waals surface area contributed by atoms with Crippen molar-refractivity contribution in [3.63, 3.8) is 0 Å². The van der Waals surface area contributed by atoms with Crippen molar-refractivity contribution in [3.05, 3.63) is 36.2 Å². The van der Waals surface area contributed by atoms with Gasteiger partial charge in [0.05, 0.1) is 6.20 Å². The zero-order chi connectivity index (χ0) is 10.7. The van der Waals surface area contributed by atoms with Crippen molar-refractivity contribution in [2.24, 2.45) is 7.05 Å². The largest absolute Gasteiger partial charge is 0.487 e. The van der Waals surface area contributed by atoms with Gasteiger partial charge in [-0.25, -0.2) is 0 Å². The summed E-state index contributed by atoms with van der Waals surface area (Å²) in [7, 11) is 1.82. The summed E-state index contributed by atoms with van der Waals surface area (Å²) in [6.45, 7) is 0.400. The van der Waals surface area contributed by atoms with Crippen LogP contribution in [0.1, 0.15) is 5.69 Å². The van der Waals surface area contributed by atoms with Crippen LogP contribution < -0.4 is 10.5 Å². The molecule has 0 radical (unpaired) electrons. The minimum atomic E-state index is 0.400. The van der Waals surface area contributed by atoms with E-state index in [0.717, 1.165) is 11.4 Å². The normalized spacial score (nSPS) is 10.2. The van der Waals surface area contributed by atoms with Crippen LogP contribution in [0, 0.1) is 0 Å². The minimum Gasteiger partial charge on any atom is -0.487 e. The van der Waals surface area contributed by atoms with Crippen LogP contribution in [0.5, 0.6) is 5.75 Å². The zero-order valence-corrected chi connectivity index (χ0v) is 8.42. The van der Waals surface area contributed by atoms with Crippen LogP contribution in [-0.4, -0.2) is 15.0 Å². The molecule has 0 aliphatic heterocycles. The second-order valence-corrected chi connectivity index (χ2v) is 3.24. The van der Waals surface area contributed by atoms with Crippen molar-refractivity contribution >= 4 is 5.69 Å². The van der Waals surface area contributed by atoms with Crippen molar-refractivity contribution < 1.29 is 4.74 Å². The Labute approximate surface area is 87.5 Å². The fourth-order valence-corrected chi connectivity index (χ4v) is 1.22. The van der Waals surface area contributed by atoms with Crippen LogP contribution in [0.4, 0.5) is 5.69 Å². The highest BCUT2D eigenvalue weighted by molar-refractivity contribution is 5.43. The van der Waals surface area contributed by atoms with E-state index < -0.39 is 0 Å². The summed E-state index contributed by atoms with van der Waals surface area (Å²) in [6.07, 6.45) is 1.81. The van der Waals surface area contributed by atoms with E-state index in [1.807, 2.05) is 31.4 Å². The summed E-state index contributed by atoms with van der Waals surface area (Å²) in [5.74, 6) is 0.737. The molecule has 2 rings (SSSR count). The molecule has 2 aromatic rings. The lowest BCUT2D eigenvalue weighted by Crippen LogP contribution is -1.96. The first kappa shape index (κ1) is 9.51. The standard InChI is InChI=1S/C10H12N4O/c1-14-6-9(12-13-14)7-15-10-4-2-3-8(11)5-10/h2-6H,7,11H2,1H3. The molecule has 0 spiro atoms. The molecule has 1 aromatic carbocycles. The molecule has 0 saturated carbocycles. The number of anilines is 1. The second-order valence-electron chi connectivity index (χ2n) is 3.24. The van der Waals surface area contributed by atoms with Gasteiger partial charge in [0.15, 0.2) is 0 Å². The van der Waals surface area contributed by atoms with Gasteiger partial charge in [0.2, 0.25) is 0 Å². The Balaban J connectivity index is 1.99. The summed E-state index contributed by atoms with van der Waals surface area (Å²) in [6, 6.07) is 7.29. The van der Waals surface area contributed by atoms with Crippen LogP contribution in [0.3, 0.4) is 0 Å². The van der Waals surface area contributed by atoms with Gasteiger partial charge in [-0.3, -0.25) is 4.68 Å². The third-order valence-corrected chi connectivity index (χ3v) is 1.89. The van der Waals surface area contributed by atoms with Crippen molar-refractivity contribution in [2.75, 3.05) is 5.73 Å². The third kappa shape index (κ3) is 2.46. The summed E-state index contributed by atoms with van der Waals surface area (Å²) in [5, 5.41) is 7.72. The van der Waals surface area contributed by atoms with Crippen LogP contribution in [0.25, 0.3) is 0 Å². The highest BCUT2D eigenvalue weighted by Crippen LogP contribution is 2.15. The minimum absolute atomic E-state index is 0.400. The maximum Gasteiger partial charge on any atom is 0.134 e. The van der Waals surface area contributed by atoms with Gasteiger partial charge in [-0.2, -0.15) is 0 Å². The van der Waals surface area contributed by atoms with Crippen molar-refractivity contribution in [1.82, 2.24) is 15.0 Å². The van der Waals surface area contributed by atoms with E-state index in [0.29, 0.717) is 12.3 Å². The summed E-state index contributed by atoms with van der Waals surface area (Å²) in [5.41, 5.74) is 7.10. The first-order valence-electron chi connectivity index (χ1n) is 4.57. The maximum absolute atomic E-state index is 5.62. The Morgan fingerprint density at radius 3 is 3.00 bits per heavy atom. The molecule has 0 unspecified atom stereocenters. The lowest BCUT2D eigenvalue weighted by atomic mass is 10.3. The topological polar surface area (TPSA) is 66.0 Å². The number of ether oxygens (including phenoxy) is 1. The number of nitrogens with two attached hydrogens (primary N) is 1. The predicted octanol–water partition coefficient (Wildman–Crippen LogP) is 0.976. The number of nitrogens with zero attached hydrogens (tertiary/aromatic N) is 3. The number of hydrogen-bond acceptors (Lipinski definition) is 4. The Hall–Kier alpha value is -2.04. The second kappa shape index (κ2) is 4.00. The van der Waals surface area contributed by atoms with Crippen LogP contribution in [0.15, 0.2) is 30.5 Å². The van der Waals surface area contributed by atoms with E-state index in [1.165, 1.54) is 0 Å². The van der Waals surface area contributed by atoms with E-state index in [-0.39, 0.29) is 0 Å². The van der Waals surface area contributed by atoms with Gasteiger partial charge in [0.25, 0.3) is 0 Å². The fraction of sp³-hybridized carbons (Fsp3) is 0.200. The van der Waals surface area contributed by atoms with E-state index in [4.69, 9.17) is 10.5 Å². The Morgan fingerprint density at radius 2 is 2.33 bits per heavy atom. The average Bonchev–Trinajstić information content (AvgIpc) is 2.62. The molecule has 0 saturated heterocycles. The molecule has 1 aromatic heterocycles. The van der Waals surface area contributed by atoms with Gasteiger partial charge in [-0.15, -0.1) is 5.10 Å². The average molecular weight is 204 g/mol. The van der Waals surface area contributed by atoms with Gasteiger partial charge in [-0.1, -0.05) is 11.3 Å². The number of aromatic nitrogens is 3. The molecule has 0 amide bonds. The predicted molar refractivity (Wildman–Crippen MR) is 56.2 cm³/mol. The number of benzene rings is 1. The van der Waals surface area contributed by atoms with Crippen LogP contribution >= 0.6 is 0 Å². The maximum atomic E-state index is 5.62. The van der Waals surface area contributed by atoms with Gasteiger partial charge in [0.1, 0.15) is 18.1 Å². The van der Waals surface area contributed by atoms with E-state index >= 15 is 0 Å². The van der Waals surface area contributed by atoms with Gasteiger partial charge in [-0.05, 0) is 12.1 Å². The van der Waals surface area contributed by atoms with E-state index in [9.17, 15) is 0 Å². The SMILES string of the molecule is Cn1cc(COc2cccc(N)c2)nn1. The fourth-order valence-electron chi connectivity index (χ4n) is 1.22. The zero-order valence-electron chi connectivity index (χ0n) is 8.42. The summed E-state index contributed by atoms with van der Waals surface area (Å²) in [4.78, 5) is 0. The van der Waals surface area contributed by atoms with Crippen molar-refractivity contribution in [2.45, 2.75) is 6.61 Å². The molecular formula is C10H12N4O. The molecule has 0 aliphatic carbocycles. The highest BCUT2D eigenvalue weighted by Gasteiger charge is 1.99. The molecule has 0 bridgehead atoms. The third-order valence-electron chi connectivity index (χ3n) is 1.89. The number of hydrogen-bond donors (Lipinski definition) is 1. The van der Waals surface area contributed by atoms with E-state index in [2.05, 4.69) is 10.3 Å². The summed E-state index contributed by atoms with van der Waals surface area (Å²) >= 11 is 0. The van der Waals surface area contributed by atoms with Crippen LogP contribution in [-0.2, 0) is 13.7 Å². The molecule has 0 aliphatic rings. The van der Waals surface area contributed by atoms with Gasteiger partial charge >= 0.3 is 0 Å². The monoisotopic (exact) mass is 204 g/mol. The molecule has 5 nitrogen and oxygen atoms in total. The molecule has 0 fully saturated rings. The van der Waals surface area contributed by atoms with Gasteiger partial charge in [0, 0.05) is 18.8 Å². The Kier molecular flexibility index (Phi) is 2.53. The number of aryl methyl sites for hydroxylation is 1. The Morgan fingerprint density at radius 1 is 1.47 bits per heavy atom. The van der Waals surface area contributed by atoms with E-state index in [1.54, 1.807) is 10.7 Å². The Bertz CT molecular complexity index is 452. The lowest BCUT2D eigenvalue weighted by Gasteiger charge is -2.03. The summed E-state index contributed by atoms with van der Waals surface area (Å²) < 4.78 is 7.13. The van der Waals surface area contributed by atoms with Gasteiger partial charge < -0.3 is 10.5 Å². The molecular weight excluding hydrogens is 192 g/mol. The molecule has 78 valence electrons. The van der Waals surface area contributed by atoms with Crippen molar-refractivity contribution in [3.8, 4) is 5.75 Å². The smallest absolute Gasteiger partial charge is 0.134 e.